The smallest absolute Gasteiger partial charge is 0.176 e. The van der Waals surface area contributed by atoms with Gasteiger partial charge in [-0.1, -0.05) is 29.3 Å². The van der Waals surface area contributed by atoms with Crippen molar-refractivity contribution in [2.75, 3.05) is 13.1 Å². The molecule has 1 heterocycles. The van der Waals surface area contributed by atoms with Crippen LogP contribution in [0, 0.1) is 0 Å². The molecule has 0 radical (unpaired) electrons. The monoisotopic (exact) mass is 419 g/mol. The number of rotatable bonds is 1. The molecule has 7 heteroatoms. The first-order valence-corrected chi connectivity index (χ1v) is 7.67. The quantitative estimate of drug-likeness (QED) is 0.527. The molecule has 0 spiro atoms. The van der Waals surface area contributed by atoms with Gasteiger partial charge < -0.3 is 20.6 Å². The largest absolute Gasteiger partial charge is 0.506 e. The molecule has 124 valence electrons. The molecule has 1 aliphatic rings. The molecule has 0 saturated heterocycles. The Morgan fingerprint density at radius 3 is 2.48 bits per heavy atom. The van der Waals surface area contributed by atoms with Crippen molar-refractivity contribution in [3.8, 4) is 17.2 Å². The average molecular weight is 421 g/mol. The lowest BCUT2D eigenvalue weighted by molar-refractivity contribution is 0.402. The van der Waals surface area contributed by atoms with E-state index in [-0.39, 0.29) is 50.2 Å². The van der Waals surface area contributed by atoms with Gasteiger partial charge in [0, 0.05) is 12.5 Å². The summed E-state index contributed by atoms with van der Waals surface area (Å²) in [5, 5.41) is 33.1. The molecule has 1 aliphatic heterocycles. The van der Waals surface area contributed by atoms with Crippen molar-refractivity contribution in [2.24, 2.45) is 0 Å². The Labute approximate surface area is 154 Å². The minimum absolute atomic E-state index is 0. The van der Waals surface area contributed by atoms with E-state index >= 15 is 0 Å². The molecule has 3 rings (SSSR count). The van der Waals surface area contributed by atoms with Crippen LogP contribution in [-0.2, 0) is 6.42 Å². The van der Waals surface area contributed by atoms with E-state index in [0.717, 1.165) is 23.2 Å². The van der Waals surface area contributed by atoms with Crippen molar-refractivity contribution < 1.29 is 15.3 Å². The van der Waals surface area contributed by atoms with Gasteiger partial charge in [0.2, 0.25) is 0 Å². The molecule has 2 aromatic rings. The number of phenolic OH excluding ortho intramolecular Hbond substituents is 3. The van der Waals surface area contributed by atoms with E-state index in [2.05, 4.69) is 5.32 Å². The van der Waals surface area contributed by atoms with Crippen LogP contribution < -0.4 is 5.32 Å². The maximum absolute atomic E-state index is 9.89. The van der Waals surface area contributed by atoms with E-state index in [1.165, 1.54) is 0 Å². The molecule has 23 heavy (non-hydrogen) atoms. The third kappa shape index (κ3) is 3.38. The molecule has 0 bridgehead atoms. The Hall–Kier alpha value is -1.14. The minimum atomic E-state index is -0.287. The van der Waals surface area contributed by atoms with Gasteiger partial charge in [0.25, 0.3) is 0 Å². The average Bonchev–Trinajstić information content (AvgIpc) is 2.70. The molecule has 0 saturated carbocycles. The maximum atomic E-state index is 9.89. The highest BCUT2D eigenvalue weighted by atomic mass is 79.9. The first kappa shape index (κ1) is 18.2. The topological polar surface area (TPSA) is 72.7 Å². The second-order valence-electron chi connectivity index (χ2n) is 5.34. The summed E-state index contributed by atoms with van der Waals surface area (Å²) in [6.45, 7) is 1.37. The predicted octanol–water partition coefficient (Wildman–Crippen LogP) is 3.97. The van der Waals surface area contributed by atoms with E-state index in [4.69, 9.17) is 23.2 Å². The summed E-state index contributed by atoms with van der Waals surface area (Å²) < 4.78 is 0. The van der Waals surface area contributed by atoms with Gasteiger partial charge in [-0.15, -0.1) is 17.0 Å². The van der Waals surface area contributed by atoms with Crippen LogP contribution in [0.3, 0.4) is 0 Å². The maximum Gasteiger partial charge on any atom is 0.176 e. The van der Waals surface area contributed by atoms with Crippen molar-refractivity contribution >= 4 is 40.2 Å². The number of phenols is 3. The SMILES string of the molecule is Br.Oc1ccc(C2CNCCc3c2cc(O)c(O)c3Cl)cc1Cl. The number of hydrogen-bond donors (Lipinski definition) is 4. The van der Waals surface area contributed by atoms with Crippen LogP contribution in [0.1, 0.15) is 22.6 Å². The molecule has 2 aromatic carbocycles. The fourth-order valence-corrected chi connectivity index (χ4v) is 3.35. The Morgan fingerprint density at radius 2 is 1.78 bits per heavy atom. The molecule has 0 fully saturated rings. The first-order valence-electron chi connectivity index (χ1n) is 6.91. The Kier molecular flexibility index (Phi) is 5.68. The lowest BCUT2D eigenvalue weighted by Gasteiger charge is -2.20. The molecule has 4 nitrogen and oxygen atoms in total. The zero-order chi connectivity index (χ0) is 15.9. The van der Waals surface area contributed by atoms with Crippen molar-refractivity contribution in [1.82, 2.24) is 5.32 Å². The number of halogens is 3. The fraction of sp³-hybridized carbons (Fsp3) is 0.250. The van der Waals surface area contributed by atoms with Gasteiger partial charge in [0.05, 0.1) is 10.0 Å². The van der Waals surface area contributed by atoms with Crippen molar-refractivity contribution in [3.63, 3.8) is 0 Å². The third-order valence-electron chi connectivity index (χ3n) is 4.01. The number of hydrogen-bond acceptors (Lipinski definition) is 4. The van der Waals surface area contributed by atoms with Crippen molar-refractivity contribution in [3.05, 3.63) is 51.0 Å². The standard InChI is InChI=1S/C16H15Cl2NO3.BrH/c17-12-5-8(1-2-13(12)20)11-7-19-4-3-9-10(11)6-14(21)16(22)15(9)18;/h1-2,5-6,11,19-22H,3-4,7H2;1H. The van der Waals surface area contributed by atoms with Crippen LogP contribution in [0.15, 0.2) is 24.3 Å². The van der Waals surface area contributed by atoms with Gasteiger partial charge >= 0.3 is 0 Å². The van der Waals surface area contributed by atoms with Crippen LogP contribution in [-0.4, -0.2) is 28.4 Å². The van der Waals surface area contributed by atoms with E-state index in [1.807, 2.05) is 0 Å². The molecule has 0 aromatic heterocycles. The number of aromatic hydroxyl groups is 3. The molecule has 1 unspecified atom stereocenters. The highest BCUT2D eigenvalue weighted by Crippen LogP contribution is 2.43. The van der Waals surface area contributed by atoms with Crippen molar-refractivity contribution in [1.29, 1.82) is 0 Å². The van der Waals surface area contributed by atoms with E-state index in [0.29, 0.717) is 13.0 Å². The van der Waals surface area contributed by atoms with Crippen LogP contribution in [0.4, 0.5) is 0 Å². The molecular weight excluding hydrogens is 405 g/mol. The van der Waals surface area contributed by atoms with Crippen LogP contribution in [0.25, 0.3) is 0 Å². The van der Waals surface area contributed by atoms with Crippen LogP contribution >= 0.6 is 40.2 Å². The Bertz CT molecular complexity index is 740. The van der Waals surface area contributed by atoms with Gasteiger partial charge in [-0.2, -0.15) is 0 Å². The zero-order valence-electron chi connectivity index (χ0n) is 12.0. The first-order chi connectivity index (χ1) is 10.5. The van der Waals surface area contributed by atoms with Crippen LogP contribution in [0.2, 0.25) is 10.0 Å². The number of benzene rings is 2. The van der Waals surface area contributed by atoms with Crippen LogP contribution in [0.5, 0.6) is 17.2 Å². The number of nitrogens with one attached hydrogen (secondary N) is 1. The lowest BCUT2D eigenvalue weighted by atomic mass is 9.87. The minimum Gasteiger partial charge on any atom is -0.506 e. The predicted molar refractivity (Wildman–Crippen MR) is 96.6 cm³/mol. The van der Waals surface area contributed by atoms with Gasteiger partial charge in [0.1, 0.15) is 5.75 Å². The third-order valence-corrected chi connectivity index (χ3v) is 4.72. The summed E-state index contributed by atoms with van der Waals surface area (Å²) in [4.78, 5) is 0. The summed E-state index contributed by atoms with van der Waals surface area (Å²) in [5.74, 6) is -0.580. The highest BCUT2D eigenvalue weighted by molar-refractivity contribution is 8.93. The van der Waals surface area contributed by atoms with E-state index < -0.39 is 0 Å². The molecule has 0 amide bonds. The number of fused-ring (bicyclic) bond motifs is 1. The second kappa shape index (κ2) is 7.18. The summed E-state index contributed by atoms with van der Waals surface area (Å²) in [6.07, 6.45) is 0.657. The van der Waals surface area contributed by atoms with Crippen molar-refractivity contribution in [2.45, 2.75) is 12.3 Å². The normalized spacial score (nSPS) is 17.0. The van der Waals surface area contributed by atoms with Gasteiger partial charge in [0.15, 0.2) is 11.5 Å². The van der Waals surface area contributed by atoms with Gasteiger partial charge in [-0.05, 0) is 47.9 Å². The molecular formula is C16H16BrCl2NO3. The van der Waals surface area contributed by atoms with Gasteiger partial charge in [-0.25, -0.2) is 0 Å². The summed E-state index contributed by atoms with van der Waals surface area (Å²) >= 11 is 12.2. The second-order valence-corrected chi connectivity index (χ2v) is 6.13. The van der Waals surface area contributed by atoms with E-state index in [1.54, 1.807) is 24.3 Å². The molecule has 0 aliphatic carbocycles. The molecule has 4 N–H and O–H groups in total. The summed E-state index contributed by atoms with van der Waals surface area (Å²) in [7, 11) is 0. The Balaban J connectivity index is 0.00000192. The Morgan fingerprint density at radius 1 is 1.04 bits per heavy atom. The highest BCUT2D eigenvalue weighted by Gasteiger charge is 2.25. The fourth-order valence-electron chi connectivity index (χ4n) is 2.86. The zero-order valence-corrected chi connectivity index (χ0v) is 15.2. The van der Waals surface area contributed by atoms with Gasteiger partial charge in [-0.3, -0.25) is 0 Å². The lowest BCUT2D eigenvalue weighted by Crippen LogP contribution is -2.20. The summed E-state index contributed by atoms with van der Waals surface area (Å²) in [5.41, 5.74) is 2.57. The summed E-state index contributed by atoms with van der Waals surface area (Å²) in [6, 6.07) is 6.59. The van der Waals surface area contributed by atoms with E-state index in [9.17, 15) is 15.3 Å². The molecule has 1 atom stereocenters.